The standard InChI is InChI=1S/C16H22N4O/c1-14-17-16(21-18-14)13-20-11-9-19(10-12-20)8-7-15-5-3-2-4-6-15/h2-6H,7-13H2,1H3. The molecule has 3 rings (SSSR count). The summed E-state index contributed by atoms with van der Waals surface area (Å²) in [4.78, 5) is 9.18. The number of hydrogen-bond acceptors (Lipinski definition) is 5. The smallest absolute Gasteiger partial charge is 0.240 e. The molecule has 0 saturated carbocycles. The van der Waals surface area contributed by atoms with E-state index in [4.69, 9.17) is 4.52 Å². The van der Waals surface area contributed by atoms with Gasteiger partial charge in [0.1, 0.15) is 0 Å². The van der Waals surface area contributed by atoms with Crippen molar-refractivity contribution in [3.8, 4) is 0 Å². The monoisotopic (exact) mass is 286 g/mol. The Labute approximate surface area is 125 Å². The van der Waals surface area contributed by atoms with Crippen molar-refractivity contribution in [2.45, 2.75) is 19.9 Å². The summed E-state index contributed by atoms with van der Waals surface area (Å²) in [5.74, 6) is 1.44. The van der Waals surface area contributed by atoms with E-state index in [-0.39, 0.29) is 0 Å². The predicted molar refractivity (Wildman–Crippen MR) is 80.9 cm³/mol. The van der Waals surface area contributed by atoms with Crippen LogP contribution in [0, 0.1) is 6.92 Å². The minimum atomic E-state index is 0.714. The van der Waals surface area contributed by atoms with E-state index in [1.54, 1.807) is 0 Å². The van der Waals surface area contributed by atoms with Crippen molar-refractivity contribution in [2.24, 2.45) is 0 Å². The van der Waals surface area contributed by atoms with Gasteiger partial charge < -0.3 is 9.42 Å². The molecule has 1 aromatic carbocycles. The lowest BCUT2D eigenvalue weighted by atomic mass is 10.1. The number of piperazine rings is 1. The molecule has 0 amide bonds. The minimum Gasteiger partial charge on any atom is -0.338 e. The highest BCUT2D eigenvalue weighted by Crippen LogP contribution is 2.08. The molecule has 2 aromatic rings. The van der Waals surface area contributed by atoms with Gasteiger partial charge in [0.05, 0.1) is 6.54 Å². The van der Waals surface area contributed by atoms with Gasteiger partial charge in [-0.1, -0.05) is 35.5 Å². The fraction of sp³-hybridized carbons (Fsp3) is 0.500. The first-order valence-electron chi connectivity index (χ1n) is 7.57. The second kappa shape index (κ2) is 6.83. The average molecular weight is 286 g/mol. The third kappa shape index (κ3) is 4.12. The summed E-state index contributed by atoms with van der Waals surface area (Å²) in [6.07, 6.45) is 1.13. The molecular weight excluding hydrogens is 264 g/mol. The second-order valence-corrected chi connectivity index (χ2v) is 5.59. The molecular formula is C16H22N4O. The zero-order valence-electron chi connectivity index (χ0n) is 12.5. The highest BCUT2D eigenvalue weighted by atomic mass is 16.5. The van der Waals surface area contributed by atoms with Crippen molar-refractivity contribution in [2.75, 3.05) is 32.7 Å². The Morgan fingerprint density at radius 2 is 1.76 bits per heavy atom. The second-order valence-electron chi connectivity index (χ2n) is 5.59. The summed E-state index contributed by atoms with van der Waals surface area (Å²) in [7, 11) is 0. The van der Waals surface area contributed by atoms with Crippen LogP contribution in [0.5, 0.6) is 0 Å². The minimum absolute atomic E-state index is 0.714. The number of benzene rings is 1. The number of aromatic nitrogens is 2. The first-order valence-corrected chi connectivity index (χ1v) is 7.57. The number of nitrogens with zero attached hydrogens (tertiary/aromatic N) is 4. The van der Waals surface area contributed by atoms with Crippen LogP contribution >= 0.6 is 0 Å². The largest absolute Gasteiger partial charge is 0.338 e. The van der Waals surface area contributed by atoms with Gasteiger partial charge >= 0.3 is 0 Å². The van der Waals surface area contributed by atoms with E-state index < -0.39 is 0 Å². The molecule has 1 fully saturated rings. The fourth-order valence-corrected chi connectivity index (χ4v) is 2.70. The van der Waals surface area contributed by atoms with Crippen LogP contribution in [0.4, 0.5) is 0 Å². The number of aryl methyl sites for hydroxylation is 1. The van der Waals surface area contributed by atoms with Gasteiger partial charge in [-0.05, 0) is 18.9 Å². The van der Waals surface area contributed by atoms with Crippen molar-refractivity contribution >= 4 is 0 Å². The van der Waals surface area contributed by atoms with E-state index in [0.29, 0.717) is 5.82 Å². The molecule has 0 aliphatic carbocycles. The predicted octanol–water partition coefficient (Wildman–Crippen LogP) is 1.74. The summed E-state index contributed by atoms with van der Waals surface area (Å²) in [6.45, 7) is 8.12. The molecule has 5 nitrogen and oxygen atoms in total. The van der Waals surface area contributed by atoms with E-state index >= 15 is 0 Å². The summed E-state index contributed by atoms with van der Waals surface area (Å²) < 4.78 is 5.18. The average Bonchev–Trinajstić information content (AvgIpc) is 2.93. The lowest BCUT2D eigenvalue weighted by Crippen LogP contribution is -2.46. The SMILES string of the molecule is Cc1noc(CN2CCN(CCc3ccccc3)CC2)n1. The van der Waals surface area contributed by atoms with E-state index in [1.807, 2.05) is 6.92 Å². The molecule has 1 saturated heterocycles. The first-order chi connectivity index (χ1) is 10.3. The Balaban J connectivity index is 1.40. The van der Waals surface area contributed by atoms with Crippen LogP contribution in [-0.2, 0) is 13.0 Å². The third-order valence-corrected chi connectivity index (χ3v) is 3.95. The lowest BCUT2D eigenvalue weighted by molar-refractivity contribution is 0.118. The molecule has 112 valence electrons. The van der Waals surface area contributed by atoms with Gasteiger partial charge in [-0.25, -0.2) is 0 Å². The number of rotatable bonds is 5. The molecule has 0 spiro atoms. The van der Waals surface area contributed by atoms with Gasteiger partial charge in [0.2, 0.25) is 5.89 Å². The van der Waals surface area contributed by atoms with Gasteiger partial charge in [0, 0.05) is 32.7 Å². The van der Waals surface area contributed by atoms with Crippen LogP contribution < -0.4 is 0 Å². The zero-order valence-corrected chi connectivity index (χ0v) is 12.5. The van der Waals surface area contributed by atoms with Crippen LogP contribution in [0.3, 0.4) is 0 Å². The summed E-state index contributed by atoms with van der Waals surface area (Å²) in [5.41, 5.74) is 1.42. The third-order valence-electron chi connectivity index (χ3n) is 3.95. The van der Waals surface area contributed by atoms with Crippen molar-refractivity contribution in [3.05, 3.63) is 47.6 Å². The molecule has 0 N–H and O–H groups in total. The zero-order chi connectivity index (χ0) is 14.5. The molecule has 5 heteroatoms. The lowest BCUT2D eigenvalue weighted by Gasteiger charge is -2.33. The van der Waals surface area contributed by atoms with Crippen molar-refractivity contribution in [3.63, 3.8) is 0 Å². The maximum Gasteiger partial charge on any atom is 0.240 e. The van der Waals surface area contributed by atoms with Crippen molar-refractivity contribution in [1.82, 2.24) is 19.9 Å². The van der Waals surface area contributed by atoms with Crippen LogP contribution in [0.15, 0.2) is 34.9 Å². The molecule has 0 radical (unpaired) electrons. The van der Waals surface area contributed by atoms with Gasteiger partial charge in [-0.2, -0.15) is 4.98 Å². The first kappa shape index (κ1) is 14.2. The Morgan fingerprint density at radius 3 is 2.43 bits per heavy atom. The molecule has 1 aliphatic rings. The van der Waals surface area contributed by atoms with Crippen LogP contribution in [-0.4, -0.2) is 52.7 Å². The van der Waals surface area contributed by atoms with Crippen molar-refractivity contribution in [1.29, 1.82) is 0 Å². The number of hydrogen-bond donors (Lipinski definition) is 0. The van der Waals surface area contributed by atoms with Gasteiger partial charge in [-0.3, -0.25) is 4.90 Å². The summed E-state index contributed by atoms with van der Waals surface area (Å²) in [6, 6.07) is 10.7. The summed E-state index contributed by atoms with van der Waals surface area (Å²) >= 11 is 0. The van der Waals surface area contributed by atoms with Crippen LogP contribution in [0.2, 0.25) is 0 Å². The Bertz CT molecular complexity index is 546. The Morgan fingerprint density at radius 1 is 1.05 bits per heavy atom. The Kier molecular flexibility index (Phi) is 4.62. The fourth-order valence-electron chi connectivity index (χ4n) is 2.70. The van der Waals surface area contributed by atoms with Gasteiger partial charge in [0.25, 0.3) is 0 Å². The van der Waals surface area contributed by atoms with Gasteiger partial charge in [-0.15, -0.1) is 0 Å². The van der Waals surface area contributed by atoms with E-state index in [1.165, 1.54) is 5.56 Å². The van der Waals surface area contributed by atoms with E-state index in [2.05, 4.69) is 50.3 Å². The highest BCUT2D eigenvalue weighted by Gasteiger charge is 2.18. The van der Waals surface area contributed by atoms with Crippen molar-refractivity contribution < 1.29 is 4.52 Å². The maximum atomic E-state index is 5.18. The molecule has 0 bridgehead atoms. The normalized spacial score (nSPS) is 17.2. The van der Waals surface area contributed by atoms with Gasteiger partial charge in [0.15, 0.2) is 5.82 Å². The maximum absolute atomic E-state index is 5.18. The highest BCUT2D eigenvalue weighted by molar-refractivity contribution is 5.14. The molecule has 1 aromatic heterocycles. The summed E-state index contributed by atoms with van der Waals surface area (Å²) in [5, 5.41) is 3.84. The molecule has 0 unspecified atom stereocenters. The van der Waals surface area contributed by atoms with E-state index in [0.717, 1.165) is 51.6 Å². The Hall–Kier alpha value is -1.72. The molecule has 2 heterocycles. The molecule has 1 aliphatic heterocycles. The van der Waals surface area contributed by atoms with Crippen LogP contribution in [0.1, 0.15) is 17.3 Å². The van der Waals surface area contributed by atoms with Crippen LogP contribution in [0.25, 0.3) is 0 Å². The molecule has 0 atom stereocenters. The quantitative estimate of drug-likeness (QED) is 0.838. The topological polar surface area (TPSA) is 45.4 Å². The molecule has 21 heavy (non-hydrogen) atoms. The van der Waals surface area contributed by atoms with E-state index in [9.17, 15) is 0 Å².